The molecule has 72 heavy (non-hydrogen) atoms. The Bertz CT molecular complexity index is 3940. The first-order chi connectivity index (χ1) is 35.2. The minimum Gasteiger partial charge on any atom is -0.309 e. The molecule has 1 aliphatic rings. The summed E-state index contributed by atoms with van der Waals surface area (Å²) in [5.41, 5.74) is 20.4. The van der Waals surface area contributed by atoms with Crippen LogP contribution in [-0.4, -0.2) is 9.13 Å². The van der Waals surface area contributed by atoms with E-state index in [0.29, 0.717) is 5.41 Å². The van der Waals surface area contributed by atoms with Gasteiger partial charge in [0.2, 0.25) is 0 Å². The second-order valence-corrected chi connectivity index (χ2v) is 21.6. The molecular weight excluding hydrogens is 869 g/mol. The molecular formula is C70H54N2. The van der Waals surface area contributed by atoms with E-state index >= 15 is 0 Å². The molecule has 14 rings (SSSR count). The van der Waals surface area contributed by atoms with Crippen LogP contribution in [0, 0.1) is 0 Å². The maximum absolute atomic E-state index is 2.43. The van der Waals surface area contributed by atoms with E-state index in [2.05, 4.69) is 267 Å². The fourth-order valence-electron chi connectivity index (χ4n) is 11.9. The molecule has 1 aliphatic carbocycles. The van der Waals surface area contributed by atoms with Gasteiger partial charge in [-0.25, -0.2) is 0 Å². The second kappa shape index (κ2) is 16.0. The first kappa shape index (κ1) is 42.4. The van der Waals surface area contributed by atoms with Gasteiger partial charge in [-0.15, -0.1) is 0 Å². The molecule has 0 amide bonds. The molecule has 2 aromatic heterocycles. The summed E-state index contributed by atoms with van der Waals surface area (Å²) in [6, 6.07) is 86.5. The van der Waals surface area contributed by atoms with Crippen LogP contribution in [0.1, 0.15) is 51.7 Å². The molecule has 1 saturated carbocycles. The van der Waals surface area contributed by atoms with E-state index in [-0.39, 0.29) is 5.41 Å². The predicted octanol–water partition coefficient (Wildman–Crippen LogP) is 19.2. The SMILES string of the molecule is CC(C)(C)c1ccc(-n2c3ccccc3c3cc(-c4ccc(-c5c6ccccc6c(-c6ccc(-c7ccc8c(c7)c7ccccc7n8-c7ccc(C8(C)CC8)cc7)cc6)c6ccccc56)cc4)ccc32)cc1. The van der Waals surface area contributed by atoms with Crippen molar-refractivity contribution in [2.24, 2.45) is 0 Å². The first-order valence-electron chi connectivity index (χ1n) is 25.6. The molecule has 0 unspecified atom stereocenters. The van der Waals surface area contributed by atoms with Crippen molar-refractivity contribution in [2.75, 3.05) is 0 Å². The summed E-state index contributed by atoms with van der Waals surface area (Å²) in [4.78, 5) is 0. The van der Waals surface area contributed by atoms with E-state index in [0.717, 1.165) is 0 Å². The third kappa shape index (κ3) is 6.77. The third-order valence-electron chi connectivity index (χ3n) is 16.1. The number of rotatable bonds is 7. The van der Waals surface area contributed by atoms with Gasteiger partial charge in [-0.05, 0) is 162 Å². The Labute approximate surface area is 421 Å². The highest BCUT2D eigenvalue weighted by Crippen LogP contribution is 2.48. The highest BCUT2D eigenvalue weighted by atomic mass is 15.0. The zero-order chi connectivity index (χ0) is 48.3. The fraction of sp³-hybridized carbons (Fsp3) is 0.114. The lowest BCUT2D eigenvalue weighted by Crippen LogP contribution is -2.10. The molecule has 0 atom stereocenters. The van der Waals surface area contributed by atoms with Crippen LogP contribution < -0.4 is 0 Å². The number of hydrogen-bond donors (Lipinski definition) is 0. The summed E-state index contributed by atoms with van der Waals surface area (Å²) in [6.45, 7) is 9.20. The Morgan fingerprint density at radius 2 is 0.653 bits per heavy atom. The topological polar surface area (TPSA) is 9.86 Å². The lowest BCUT2D eigenvalue weighted by atomic mass is 9.85. The van der Waals surface area contributed by atoms with Gasteiger partial charge in [0.05, 0.1) is 22.1 Å². The zero-order valence-electron chi connectivity index (χ0n) is 41.2. The van der Waals surface area contributed by atoms with Gasteiger partial charge < -0.3 is 9.13 Å². The maximum Gasteiger partial charge on any atom is 0.0541 e. The quantitative estimate of drug-likeness (QED) is 0.141. The summed E-state index contributed by atoms with van der Waals surface area (Å²) in [7, 11) is 0. The van der Waals surface area contributed by atoms with Crippen LogP contribution in [0.15, 0.2) is 231 Å². The van der Waals surface area contributed by atoms with Gasteiger partial charge in [-0.3, -0.25) is 0 Å². The van der Waals surface area contributed by atoms with Crippen LogP contribution in [0.4, 0.5) is 0 Å². The van der Waals surface area contributed by atoms with E-state index in [9.17, 15) is 0 Å². The highest BCUT2D eigenvalue weighted by Gasteiger charge is 2.38. The smallest absolute Gasteiger partial charge is 0.0541 e. The molecule has 0 radical (unpaired) electrons. The van der Waals surface area contributed by atoms with Crippen LogP contribution in [0.3, 0.4) is 0 Å². The summed E-state index contributed by atoms with van der Waals surface area (Å²) in [5.74, 6) is 0. The average molecular weight is 923 g/mol. The normalized spacial score (nSPS) is 13.6. The van der Waals surface area contributed by atoms with Crippen molar-refractivity contribution in [1.82, 2.24) is 9.13 Å². The van der Waals surface area contributed by atoms with Crippen molar-refractivity contribution in [2.45, 2.75) is 51.4 Å². The van der Waals surface area contributed by atoms with E-state index in [1.54, 1.807) is 0 Å². The maximum atomic E-state index is 2.43. The lowest BCUT2D eigenvalue weighted by Gasteiger charge is -2.19. The van der Waals surface area contributed by atoms with E-state index in [1.807, 2.05) is 0 Å². The molecule has 0 aliphatic heterocycles. The molecule has 11 aromatic carbocycles. The van der Waals surface area contributed by atoms with Crippen molar-refractivity contribution in [3.8, 4) is 55.9 Å². The number of hydrogen-bond acceptors (Lipinski definition) is 0. The first-order valence-corrected chi connectivity index (χ1v) is 25.6. The number of nitrogens with zero attached hydrogens (tertiary/aromatic N) is 2. The second-order valence-electron chi connectivity index (χ2n) is 21.6. The van der Waals surface area contributed by atoms with Crippen LogP contribution >= 0.6 is 0 Å². The molecule has 2 heterocycles. The molecule has 0 bridgehead atoms. The van der Waals surface area contributed by atoms with Gasteiger partial charge in [0.1, 0.15) is 0 Å². The Morgan fingerprint density at radius 1 is 0.319 bits per heavy atom. The van der Waals surface area contributed by atoms with Crippen LogP contribution in [0.2, 0.25) is 0 Å². The van der Waals surface area contributed by atoms with Crippen LogP contribution in [0.5, 0.6) is 0 Å². The van der Waals surface area contributed by atoms with E-state index in [1.165, 1.54) is 145 Å². The summed E-state index contributed by atoms with van der Waals surface area (Å²) in [5, 5.41) is 10.1. The molecule has 1 fully saturated rings. The molecule has 2 heteroatoms. The molecule has 0 saturated heterocycles. The van der Waals surface area contributed by atoms with Gasteiger partial charge in [0.25, 0.3) is 0 Å². The number of benzene rings is 11. The van der Waals surface area contributed by atoms with Crippen LogP contribution in [0.25, 0.3) is 121 Å². The number of aromatic nitrogens is 2. The van der Waals surface area contributed by atoms with Gasteiger partial charge in [0.15, 0.2) is 0 Å². The minimum absolute atomic E-state index is 0.104. The molecule has 0 spiro atoms. The van der Waals surface area contributed by atoms with Crippen molar-refractivity contribution in [3.05, 3.63) is 242 Å². The van der Waals surface area contributed by atoms with Crippen LogP contribution in [-0.2, 0) is 10.8 Å². The number of para-hydroxylation sites is 2. The zero-order valence-corrected chi connectivity index (χ0v) is 41.2. The Hall–Kier alpha value is -8.46. The third-order valence-corrected chi connectivity index (χ3v) is 16.1. The van der Waals surface area contributed by atoms with E-state index in [4.69, 9.17) is 0 Å². The molecule has 344 valence electrons. The van der Waals surface area contributed by atoms with E-state index < -0.39 is 0 Å². The highest BCUT2D eigenvalue weighted by molar-refractivity contribution is 6.21. The van der Waals surface area contributed by atoms with Crippen molar-refractivity contribution < 1.29 is 0 Å². The lowest BCUT2D eigenvalue weighted by molar-refractivity contribution is 0.590. The Balaban J connectivity index is 0.813. The largest absolute Gasteiger partial charge is 0.309 e. The van der Waals surface area contributed by atoms with Crippen molar-refractivity contribution in [3.63, 3.8) is 0 Å². The summed E-state index contributed by atoms with van der Waals surface area (Å²) < 4.78 is 4.84. The standard InChI is InChI=1S/C70H54N2/c1-69(2,3)51-31-35-53(36-32-51)71-63-19-11-9-13-55(63)61-43-49(29-39-65(61)71)45-21-25-47(26-22-45)67-57-15-5-7-17-59(57)68(60-18-8-6-16-58(60)67)48-27-23-46(24-28-48)50-30-40-66-62(44-50)56-14-10-12-20-64(56)72(66)54-37-33-52(34-38-54)70(4)41-42-70/h5-40,43-44H,41-42H2,1-4H3. The van der Waals surface area contributed by atoms with Crippen molar-refractivity contribution >= 4 is 65.2 Å². The minimum atomic E-state index is 0.104. The number of fused-ring (bicyclic) bond motifs is 8. The predicted molar refractivity (Wildman–Crippen MR) is 307 cm³/mol. The van der Waals surface area contributed by atoms with Gasteiger partial charge in [-0.1, -0.05) is 198 Å². The Kier molecular flexibility index (Phi) is 9.45. The molecule has 0 N–H and O–H groups in total. The summed E-state index contributed by atoms with van der Waals surface area (Å²) >= 11 is 0. The summed E-state index contributed by atoms with van der Waals surface area (Å²) in [6.07, 6.45) is 2.56. The molecule has 2 nitrogen and oxygen atoms in total. The fourth-order valence-corrected chi connectivity index (χ4v) is 11.9. The monoisotopic (exact) mass is 922 g/mol. The molecule has 13 aromatic rings. The van der Waals surface area contributed by atoms with Gasteiger partial charge in [-0.2, -0.15) is 0 Å². The average Bonchev–Trinajstić information content (AvgIpc) is 3.98. The van der Waals surface area contributed by atoms with Gasteiger partial charge in [0, 0.05) is 32.9 Å². The Morgan fingerprint density at radius 3 is 1.04 bits per heavy atom. The van der Waals surface area contributed by atoms with Crippen molar-refractivity contribution in [1.29, 1.82) is 0 Å². The van der Waals surface area contributed by atoms with Gasteiger partial charge >= 0.3 is 0 Å².